The van der Waals surface area contributed by atoms with Gasteiger partial charge in [0.05, 0.1) is 6.04 Å². The van der Waals surface area contributed by atoms with Crippen molar-refractivity contribution in [3.05, 3.63) is 81.1 Å². The average Bonchev–Trinajstić information content (AvgIpc) is 3.34. The van der Waals surface area contributed by atoms with Crippen LogP contribution in [0.1, 0.15) is 65.4 Å². The molecule has 3 aromatic rings. The molecule has 4 rings (SSSR count). The van der Waals surface area contributed by atoms with E-state index < -0.39 is 0 Å². The van der Waals surface area contributed by atoms with Gasteiger partial charge in [0.15, 0.2) is 0 Å². The molecule has 0 spiro atoms. The van der Waals surface area contributed by atoms with Gasteiger partial charge in [0, 0.05) is 24.9 Å². The fourth-order valence-corrected chi connectivity index (χ4v) is 4.86. The third kappa shape index (κ3) is 5.88. The van der Waals surface area contributed by atoms with Crippen molar-refractivity contribution in [2.75, 3.05) is 13.1 Å². The summed E-state index contributed by atoms with van der Waals surface area (Å²) in [7, 11) is 0. The van der Waals surface area contributed by atoms with Crippen LogP contribution in [0.2, 0.25) is 0 Å². The van der Waals surface area contributed by atoms with Crippen LogP contribution >= 0.6 is 11.3 Å². The van der Waals surface area contributed by atoms with Gasteiger partial charge >= 0.3 is 0 Å². The molecule has 6 nitrogen and oxygen atoms in total. The maximum Gasteiger partial charge on any atom is 0.270 e. The van der Waals surface area contributed by atoms with Gasteiger partial charge in [-0.05, 0) is 53.3 Å². The van der Waals surface area contributed by atoms with Crippen LogP contribution in [0.5, 0.6) is 5.75 Å². The summed E-state index contributed by atoms with van der Waals surface area (Å²) < 4.78 is 19.6. The van der Waals surface area contributed by atoms with Crippen LogP contribution in [-0.2, 0) is 17.8 Å². The lowest BCUT2D eigenvalue weighted by Crippen LogP contribution is -2.40. The summed E-state index contributed by atoms with van der Waals surface area (Å²) in [4.78, 5) is 31.2. The van der Waals surface area contributed by atoms with Crippen molar-refractivity contribution in [2.24, 2.45) is 5.92 Å². The van der Waals surface area contributed by atoms with Crippen LogP contribution in [-0.4, -0.2) is 34.8 Å². The number of nitrogens with one attached hydrogen (secondary N) is 1. The number of nitrogens with zero attached hydrogens (tertiary/aromatic N) is 2. The molecule has 0 fully saturated rings. The van der Waals surface area contributed by atoms with Crippen molar-refractivity contribution in [2.45, 2.75) is 46.3 Å². The molecule has 2 aromatic carbocycles. The highest BCUT2D eigenvalue weighted by Crippen LogP contribution is 2.37. The Morgan fingerprint density at radius 2 is 2.00 bits per heavy atom. The van der Waals surface area contributed by atoms with Gasteiger partial charge in [-0.2, -0.15) is 0 Å². The summed E-state index contributed by atoms with van der Waals surface area (Å²) in [5, 5.41) is 5.31. The highest BCUT2D eigenvalue weighted by Gasteiger charge is 2.31. The number of benzene rings is 2. The van der Waals surface area contributed by atoms with Gasteiger partial charge in [0.1, 0.15) is 28.9 Å². The minimum atomic E-state index is -0.309. The predicted octanol–water partition coefficient (Wildman–Crippen LogP) is 5.13. The van der Waals surface area contributed by atoms with Gasteiger partial charge in [0.2, 0.25) is 5.91 Å². The van der Waals surface area contributed by atoms with E-state index in [2.05, 4.69) is 10.3 Å². The lowest BCUT2D eigenvalue weighted by molar-refractivity contribution is -0.132. The van der Waals surface area contributed by atoms with Gasteiger partial charge < -0.3 is 15.0 Å². The molecule has 1 atom stereocenters. The molecule has 2 amide bonds. The van der Waals surface area contributed by atoms with Gasteiger partial charge in [-0.1, -0.05) is 39.0 Å². The fraction of sp³-hybridized carbons (Fsp3) is 0.370. The van der Waals surface area contributed by atoms with Crippen LogP contribution in [0.4, 0.5) is 4.39 Å². The Bertz CT molecular complexity index is 1190. The van der Waals surface area contributed by atoms with E-state index in [1.165, 1.54) is 23.5 Å². The smallest absolute Gasteiger partial charge is 0.270 e. The van der Waals surface area contributed by atoms with E-state index >= 15 is 0 Å². The molecule has 0 saturated carbocycles. The number of thiazole rings is 1. The number of ether oxygens (including phenoxy) is 1. The molecule has 1 aromatic heterocycles. The molecule has 1 N–H and O–H groups in total. The second-order valence-electron chi connectivity index (χ2n) is 9.02. The first-order valence-corrected chi connectivity index (χ1v) is 12.8. The number of rotatable bonds is 8. The van der Waals surface area contributed by atoms with Crippen LogP contribution < -0.4 is 10.1 Å². The Morgan fingerprint density at radius 3 is 2.71 bits per heavy atom. The molecule has 184 valence electrons. The monoisotopic (exact) mass is 495 g/mol. The van der Waals surface area contributed by atoms with Gasteiger partial charge in [0.25, 0.3) is 5.91 Å². The number of amides is 2. The number of fused-ring (bicyclic) bond motifs is 1. The van der Waals surface area contributed by atoms with Gasteiger partial charge in [-0.25, -0.2) is 9.37 Å². The number of hydrogen-bond acceptors (Lipinski definition) is 5. The summed E-state index contributed by atoms with van der Waals surface area (Å²) in [6.07, 6.45) is 1.15. The van der Waals surface area contributed by atoms with Crippen molar-refractivity contribution < 1.29 is 18.7 Å². The molecule has 0 aliphatic carbocycles. The quantitative estimate of drug-likeness (QED) is 0.470. The molecule has 0 unspecified atom stereocenters. The van der Waals surface area contributed by atoms with Crippen molar-refractivity contribution in [3.63, 3.8) is 0 Å². The van der Waals surface area contributed by atoms with Crippen molar-refractivity contribution in [3.8, 4) is 5.75 Å². The second kappa shape index (κ2) is 11.0. The largest absolute Gasteiger partial charge is 0.486 e. The minimum absolute atomic E-state index is 0.0577. The van der Waals surface area contributed by atoms with E-state index in [9.17, 15) is 14.0 Å². The first kappa shape index (κ1) is 24.9. The van der Waals surface area contributed by atoms with Crippen LogP contribution in [0.25, 0.3) is 0 Å². The third-order valence-corrected chi connectivity index (χ3v) is 6.79. The zero-order valence-corrected chi connectivity index (χ0v) is 21.0. The third-order valence-electron chi connectivity index (χ3n) is 5.97. The van der Waals surface area contributed by atoms with E-state index in [0.29, 0.717) is 41.9 Å². The Balaban J connectivity index is 1.53. The first-order chi connectivity index (χ1) is 16.9. The van der Waals surface area contributed by atoms with Crippen molar-refractivity contribution in [1.82, 2.24) is 15.2 Å². The SMILES string of the molecule is CCC(=O)N1CCc2ccc(OCc3nc(C(=O)NCC(C)C)cs3)cc2[C@@H]1c1ccc(F)cc1. The topological polar surface area (TPSA) is 71.5 Å². The standard InChI is InChI=1S/C27H30FN3O3S/c1-4-25(32)31-12-11-18-7-10-21(13-22(18)26(31)19-5-8-20(28)9-6-19)34-15-24-30-23(16-35-24)27(33)29-14-17(2)3/h5-10,13,16-17,26H,4,11-12,14-15H2,1-3H3,(H,29,33)/t26-/m0/s1. The Hall–Kier alpha value is -3.26. The molecule has 2 heterocycles. The molecular weight excluding hydrogens is 465 g/mol. The van der Waals surface area contributed by atoms with E-state index in [1.54, 1.807) is 17.5 Å². The highest BCUT2D eigenvalue weighted by molar-refractivity contribution is 7.09. The molecule has 1 aliphatic rings. The second-order valence-corrected chi connectivity index (χ2v) is 9.97. The Morgan fingerprint density at radius 1 is 1.23 bits per heavy atom. The molecule has 0 radical (unpaired) electrons. The summed E-state index contributed by atoms with van der Waals surface area (Å²) in [5.74, 6) is 0.588. The summed E-state index contributed by atoms with van der Waals surface area (Å²) in [6.45, 7) is 7.38. The highest BCUT2D eigenvalue weighted by atomic mass is 32.1. The maximum absolute atomic E-state index is 13.6. The van der Waals surface area contributed by atoms with Gasteiger partial charge in [-0.3, -0.25) is 9.59 Å². The van der Waals surface area contributed by atoms with Gasteiger partial charge in [-0.15, -0.1) is 11.3 Å². The lowest BCUT2D eigenvalue weighted by atomic mass is 9.87. The molecule has 1 aliphatic heterocycles. The Labute approximate surface area is 209 Å². The Kier molecular flexibility index (Phi) is 7.80. The summed E-state index contributed by atoms with van der Waals surface area (Å²) in [6, 6.07) is 11.9. The van der Waals surface area contributed by atoms with E-state index in [1.807, 2.05) is 43.9 Å². The number of halogens is 1. The summed E-state index contributed by atoms with van der Waals surface area (Å²) in [5.41, 5.74) is 3.38. The number of aromatic nitrogens is 1. The van der Waals surface area contributed by atoms with E-state index in [-0.39, 0.29) is 30.3 Å². The predicted molar refractivity (Wildman–Crippen MR) is 134 cm³/mol. The normalized spacial score (nSPS) is 15.1. The number of carbonyl (C=O) groups excluding carboxylic acids is 2. The molecular formula is C27H30FN3O3S. The van der Waals surface area contributed by atoms with Crippen LogP contribution in [0, 0.1) is 11.7 Å². The lowest BCUT2D eigenvalue weighted by Gasteiger charge is -2.38. The maximum atomic E-state index is 13.6. The number of hydrogen-bond donors (Lipinski definition) is 1. The zero-order chi connectivity index (χ0) is 24.9. The molecule has 0 saturated heterocycles. The van der Waals surface area contributed by atoms with Crippen molar-refractivity contribution >= 4 is 23.2 Å². The van der Waals surface area contributed by atoms with E-state index in [4.69, 9.17) is 4.74 Å². The fourth-order valence-electron chi connectivity index (χ4n) is 4.17. The zero-order valence-electron chi connectivity index (χ0n) is 20.2. The summed E-state index contributed by atoms with van der Waals surface area (Å²) >= 11 is 1.38. The molecule has 8 heteroatoms. The van der Waals surface area contributed by atoms with Crippen molar-refractivity contribution in [1.29, 1.82) is 0 Å². The molecule has 0 bridgehead atoms. The van der Waals surface area contributed by atoms with Crippen LogP contribution in [0.3, 0.4) is 0 Å². The van der Waals surface area contributed by atoms with E-state index in [0.717, 1.165) is 23.1 Å². The number of carbonyl (C=O) groups is 2. The average molecular weight is 496 g/mol. The molecule has 35 heavy (non-hydrogen) atoms. The first-order valence-electron chi connectivity index (χ1n) is 11.9. The minimum Gasteiger partial charge on any atom is -0.486 e. The van der Waals surface area contributed by atoms with Crippen LogP contribution in [0.15, 0.2) is 47.8 Å².